The van der Waals surface area contributed by atoms with Gasteiger partial charge in [0.1, 0.15) is 5.56 Å². The van der Waals surface area contributed by atoms with E-state index in [1.54, 1.807) is 0 Å². The predicted molar refractivity (Wildman–Crippen MR) is 51.0 cm³/mol. The minimum Gasteiger partial charge on any atom is -0.477 e. The fourth-order valence-electron chi connectivity index (χ4n) is 1.25. The van der Waals surface area contributed by atoms with E-state index in [4.69, 9.17) is 5.11 Å². The number of rotatable bonds is 3. The molecule has 1 heterocycles. The Morgan fingerprint density at radius 1 is 1.53 bits per heavy atom. The lowest BCUT2D eigenvalue weighted by Crippen LogP contribution is -2.32. The van der Waals surface area contributed by atoms with Crippen LogP contribution >= 0.6 is 0 Å². The summed E-state index contributed by atoms with van der Waals surface area (Å²) in [5.74, 6) is -1.78. The largest absolute Gasteiger partial charge is 0.477 e. The highest BCUT2D eigenvalue weighted by molar-refractivity contribution is 5.91. The van der Waals surface area contributed by atoms with Gasteiger partial charge in [-0.3, -0.25) is 0 Å². The molecule has 1 N–H and O–H groups in total. The van der Waals surface area contributed by atoms with Crippen LogP contribution in [0, 0.1) is 6.92 Å². The van der Waals surface area contributed by atoms with E-state index in [0.717, 1.165) is 11.6 Å². The van der Waals surface area contributed by atoms with Crippen LogP contribution < -0.4 is 4.74 Å². The van der Waals surface area contributed by atoms with Gasteiger partial charge in [0.05, 0.1) is 5.69 Å². The van der Waals surface area contributed by atoms with Crippen LogP contribution in [0.4, 0.5) is 13.2 Å². The molecular weight excluding hydrogens is 241 g/mol. The number of hydrogen-bond acceptors (Lipinski definition) is 3. The molecule has 0 aliphatic carbocycles. The monoisotopic (exact) mass is 252 g/mol. The van der Waals surface area contributed by atoms with Crippen molar-refractivity contribution in [3.05, 3.63) is 11.3 Å². The van der Waals surface area contributed by atoms with E-state index in [-0.39, 0.29) is 11.3 Å². The van der Waals surface area contributed by atoms with Gasteiger partial charge in [0.25, 0.3) is 0 Å². The Bertz CT molecular complexity index is 439. The summed E-state index contributed by atoms with van der Waals surface area (Å²) in [4.78, 5) is 10.9. The maximum atomic E-state index is 12.3. The number of nitrogens with zero attached hydrogens (tertiary/aromatic N) is 2. The zero-order chi connectivity index (χ0) is 13.4. The summed E-state index contributed by atoms with van der Waals surface area (Å²) in [6, 6.07) is 0. The van der Waals surface area contributed by atoms with Gasteiger partial charge in [0.2, 0.25) is 5.88 Å². The molecule has 8 heteroatoms. The van der Waals surface area contributed by atoms with Crippen molar-refractivity contribution >= 4 is 5.97 Å². The zero-order valence-electron chi connectivity index (χ0n) is 9.37. The molecule has 1 aromatic rings. The normalized spacial score (nSPS) is 13.5. The summed E-state index contributed by atoms with van der Waals surface area (Å²) >= 11 is 0. The van der Waals surface area contributed by atoms with Crippen molar-refractivity contribution in [2.45, 2.75) is 26.1 Å². The number of ether oxygens (including phenoxy) is 1. The summed E-state index contributed by atoms with van der Waals surface area (Å²) in [7, 11) is 1.32. The van der Waals surface area contributed by atoms with Gasteiger partial charge in [-0.2, -0.15) is 18.3 Å². The van der Waals surface area contributed by atoms with Gasteiger partial charge in [-0.25, -0.2) is 9.48 Å². The molecule has 0 spiro atoms. The number of halogens is 3. The van der Waals surface area contributed by atoms with E-state index in [1.807, 2.05) is 0 Å². The van der Waals surface area contributed by atoms with E-state index in [9.17, 15) is 18.0 Å². The molecule has 1 rings (SSSR count). The van der Waals surface area contributed by atoms with Crippen LogP contribution in [0.25, 0.3) is 0 Å². The minimum atomic E-state index is -4.56. The maximum Gasteiger partial charge on any atom is 0.425 e. The molecule has 0 radical (unpaired) electrons. The summed E-state index contributed by atoms with van der Waals surface area (Å²) in [6.07, 6.45) is -6.66. The Morgan fingerprint density at radius 3 is 2.47 bits per heavy atom. The topological polar surface area (TPSA) is 64.4 Å². The molecule has 5 nitrogen and oxygen atoms in total. The highest BCUT2D eigenvalue weighted by Gasteiger charge is 2.39. The second-order valence-corrected chi connectivity index (χ2v) is 3.50. The molecular formula is C9H11F3N2O3. The third kappa shape index (κ3) is 2.69. The quantitative estimate of drug-likeness (QED) is 0.890. The number of carboxylic acid groups (broad SMARTS) is 1. The molecule has 0 fully saturated rings. The molecule has 0 amide bonds. The highest BCUT2D eigenvalue weighted by Crippen LogP contribution is 2.28. The van der Waals surface area contributed by atoms with Gasteiger partial charge < -0.3 is 9.84 Å². The van der Waals surface area contributed by atoms with Crippen molar-refractivity contribution in [3.63, 3.8) is 0 Å². The first-order chi connectivity index (χ1) is 7.64. The first kappa shape index (κ1) is 13.3. The molecule has 0 saturated carbocycles. The van der Waals surface area contributed by atoms with Crippen molar-refractivity contribution in [2.24, 2.45) is 7.05 Å². The van der Waals surface area contributed by atoms with Gasteiger partial charge in [-0.05, 0) is 13.8 Å². The first-order valence-electron chi connectivity index (χ1n) is 4.64. The number of aromatic carboxylic acids is 1. The smallest absolute Gasteiger partial charge is 0.425 e. The number of aromatic nitrogens is 2. The van der Waals surface area contributed by atoms with Gasteiger partial charge >= 0.3 is 12.1 Å². The number of carboxylic acids is 1. The Kier molecular flexibility index (Phi) is 3.35. The Hall–Kier alpha value is -1.73. The molecule has 1 atom stereocenters. The average molecular weight is 252 g/mol. The highest BCUT2D eigenvalue weighted by atomic mass is 19.4. The Morgan fingerprint density at radius 2 is 2.06 bits per heavy atom. The minimum absolute atomic E-state index is 0.101. The van der Waals surface area contributed by atoms with Crippen molar-refractivity contribution in [1.82, 2.24) is 9.78 Å². The van der Waals surface area contributed by atoms with Crippen LogP contribution in [-0.2, 0) is 7.05 Å². The third-order valence-corrected chi connectivity index (χ3v) is 2.13. The van der Waals surface area contributed by atoms with Gasteiger partial charge in [-0.15, -0.1) is 0 Å². The summed E-state index contributed by atoms with van der Waals surface area (Å²) in [5.41, 5.74) is -0.257. The van der Waals surface area contributed by atoms with E-state index in [0.29, 0.717) is 0 Å². The molecule has 0 aliphatic heterocycles. The molecule has 1 unspecified atom stereocenters. The second kappa shape index (κ2) is 4.27. The van der Waals surface area contributed by atoms with Crippen molar-refractivity contribution in [3.8, 4) is 5.88 Å². The average Bonchev–Trinajstić information content (AvgIpc) is 2.39. The molecule has 96 valence electrons. The predicted octanol–water partition coefficient (Wildman–Crippen LogP) is 1.76. The Balaban J connectivity index is 3.10. The fourth-order valence-corrected chi connectivity index (χ4v) is 1.25. The van der Waals surface area contributed by atoms with Gasteiger partial charge in [0, 0.05) is 7.05 Å². The number of alkyl halides is 3. The first-order valence-corrected chi connectivity index (χ1v) is 4.64. The van der Waals surface area contributed by atoms with Gasteiger partial charge in [-0.1, -0.05) is 0 Å². The zero-order valence-corrected chi connectivity index (χ0v) is 9.37. The Labute approximate surface area is 94.8 Å². The van der Waals surface area contributed by atoms with Crippen molar-refractivity contribution in [1.29, 1.82) is 0 Å². The van der Waals surface area contributed by atoms with Crippen LogP contribution in [0.1, 0.15) is 23.0 Å². The van der Waals surface area contributed by atoms with E-state index in [2.05, 4.69) is 9.84 Å². The number of aryl methyl sites for hydroxylation is 2. The molecule has 0 bridgehead atoms. The SMILES string of the molecule is Cc1nn(C)c(OC(C)C(F)(F)F)c1C(=O)O. The van der Waals surface area contributed by atoms with Crippen LogP contribution in [-0.4, -0.2) is 33.1 Å². The molecule has 0 saturated heterocycles. The number of hydrogen-bond donors (Lipinski definition) is 1. The second-order valence-electron chi connectivity index (χ2n) is 3.50. The van der Waals surface area contributed by atoms with E-state index in [1.165, 1.54) is 14.0 Å². The van der Waals surface area contributed by atoms with Crippen molar-refractivity contribution < 1.29 is 27.8 Å². The van der Waals surface area contributed by atoms with Crippen LogP contribution in [0.3, 0.4) is 0 Å². The lowest BCUT2D eigenvalue weighted by molar-refractivity contribution is -0.190. The molecule has 1 aromatic heterocycles. The summed E-state index contributed by atoms with van der Waals surface area (Å²) < 4.78 is 42.5. The summed E-state index contributed by atoms with van der Waals surface area (Å²) in [6.45, 7) is 2.18. The molecule has 17 heavy (non-hydrogen) atoms. The van der Waals surface area contributed by atoms with E-state index < -0.39 is 24.1 Å². The summed E-state index contributed by atoms with van der Waals surface area (Å²) in [5, 5.41) is 12.6. The lowest BCUT2D eigenvalue weighted by Gasteiger charge is -2.17. The van der Waals surface area contributed by atoms with Gasteiger partial charge in [0.15, 0.2) is 6.10 Å². The fraction of sp³-hybridized carbons (Fsp3) is 0.556. The lowest BCUT2D eigenvalue weighted by atomic mass is 10.2. The maximum absolute atomic E-state index is 12.3. The van der Waals surface area contributed by atoms with Crippen LogP contribution in [0.2, 0.25) is 0 Å². The standard InChI is InChI=1S/C9H11F3N2O3/c1-4-6(8(15)16)7(14(3)13-4)17-5(2)9(10,11)12/h5H,1-3H3,(H,15,16). The van der Waals surface area contributed by atoms with Crippen LogP contribution in [0.5, 0.6) is 5.88 Å². The third-order valence-electron chi connectivity index (χ3n) is 2.13. The van der Waals surface area contributed by atoms with Crippen molar-refractivity contribution in [2.75, 3.05) is 0 Å². The van der Waals surface area contributed by atoms with Crippen LogP contribution in [0.15, 0.2) is 0 Å². The molecule has 0 aromatic carbocycles. The number of carbonyl (C=O) groups is 1. The molecule has 0 aliphatic rings. The van der Waals surface area contributed by atoms with E-state index >= 15 is 0 Å².